The Labute approximate surface area is 107 Å². The summed E-state index contributed by atoms with van der Waals surface area (Å²) in [5.41, 5.74) is 0.440. The molecule has 0 aromatic carbocycles. The Balaban J connectivity index is 1.86. The summed E-state index contributed by atoms with van der Waals surface area (Å²) < 4.78 is 0.886. The lowest BCUT2D eigenvalue weighted by Gasteiger charge is -2.28. The van der Waals surface area contributed by atoms with E-state index >= 15 is 0 Å². The molecular formula is C12H19ClN2S. The Morgan fingerprint density at radius 1 is 1.56 bits per heavy atom. The highest BCUT2D eigenvalue weighted by Gasteiger charge is 2.29. The van der Waals surface area contributed by atoms with Crippen LogP contribution in [0.25, 0.3) is 0 Å². The van der Waals surface area contributed by atoms with Crippen LogP contribution in [0.2, 0.25) is 4.34 Å². The smallest absolute Gasteiger partial charge is 0.0931 e. The number of hydrogen-bond acceptors (Lipinski definition) is 3. The van der Waals surface area contributed by atoms with Crippen LogP contribution in [-0.4, -0.2) is 31.6 Å². The summed E-state index contributed by atoms with van der Waals surface area (Å²) in [5.74, 6) is 0. The quantitative estimate of drug-likeness (QED) is 0.894. The van der Waals surface area contributed by atoms with Crippen LogP contribution in [0.3, 0.4) is 0 Å². The van der Waals surface area contributed by atoms with Gasteiger partial charge in [-0.3, -0.25) is 0 Å². The van der Waals surface area contributed by atoms with Crippen molar-refractivity contribution in [2.24, 2.45) is 5.41 Å². The highest BCUT2D eigenvalue weighted by Crippen LogP contribution is 2.27. The Morgan fingerprint density at radius 3 is 2.94 bits per heavy atom. The van der Waals surface area contributed by atoms with Crippen LogP contribution in [-0.2, 0) is 6.54 Å². The zero-order valence-electron chi connectivity index (χ0n) is 9.92. The second kappa shape index (κ2) is 5.05. The van der Waals surface area contributed by atoms with Crippen molar-refractivity contribution in [2.75, 3.05) is 26.7 Å². The molecule has 0 radical (unpaired) electrons. The Morgan fingerprint density at radius 2 is 2.38 bits per heavy atom. The van der Waals surface area contributed by atoms with Crippen molar-refractivity contribution < 1.29 is 0 Å². The van der Waals surface area contributed by atoms with Crippen LogP contribution in [0.5, 0.6) is 0 Å². The number of thiophene rings is 1. The molecule has 2 heterocycles. The van der Waals surface area contributed by atoms with Gasteiger partial charge in [0.25, 0.3) is 0 Å². The number of nitrogens with one attached hydrogen (secondary N) is 1. The third-order valence-corrected chi connectivity index (χ3v) is 4.38. The third-order valence-electron chi connectivity index (χ3n) is 3.16. The fourth-order valence-corrected chi connectivity index (χ4v) is 3.58. The maximum Gasteiger partial charge on any atom is 0.0931 e. The standard InChI is InChI=1S/C12H19ClN2S/c1-12(5-6-14-8-12)9-15(2)7-10-3-4-11(13)16-10/h3-4,14H,5-9H2,1-2H3. The summed E-state index contributed by atoms with van der Waals surface area (Å²) in [6.45, 7) is 6.82. The second-order valence-corrected chi connectivity index (χ2v) is 6.92. The van der Waals surface area contributed by atoms with Crippen LogP contribution in [0, 0.1) is 5.41 Å². The summed E-state index contributed by atoms with van der Waals surface area (Å²) in [6.07, 6.45) is 1.28. The fourth-order valence-electron chi connectivity index (χ4n) is 2.41. The normalized spacial score (nSPS) is 25.5. The monoisotopic (exact) mass is 258 g/mol. The molecule has 1 saturated heterocycles. The summed E-state index contributed by atoms with van der Waals surface area (Å²) in [5, 5.41) is 3.44. The van der Waals surface area contributed by atoms with Crippen molar-refractivity contribution in [3.63, 3.8) is 0 Å². The first-order valence-corrected chi connectivity index (χ1v) is 6.90. The van der Waals surface area contributed by atoms with Gasteiger partial charge in [-0.25, -0.2) is 0 Å². The number of halogens is 1. The molecule has 0 saturated carbocycles. The van der Waals surface area contributed by atoms with Gasteiger partial charge in [-0.05, 0) is 37.6 Å². The third kappa shape index (κ3) is 3.20. The Hall–Kier alpha value is -0.0900. The van der Waals surface area contributed by atoms with Crippen molar-refractivity contribution in [3.05, 3.63) is 21.3 Å². The van der Waals surface area contributed by atoms with E-state index in [4.69, 9.17) is 11.6 Å². The molecule has 1 aliphatic heterocycles. The van der Waals surface area contributed by atoms with Gasteiger partial charge in [0.1, 0.15) is 0 Å². The van der Waals surface area contributed by atoms with Crippen LogP contribution in [0.15, 0.2) is 12.1 Å². The van der Waals surface area contributed by atoms with E-state index in [0.717, 1.165) is 30.5 Å². The minimum absolute atomic E-state index is 0.440. The van der Waals surface area contributed by atoms with Crippen molar-refractivity contribution in [1.29, 1.82) is 0 Å². The molecule has 16 heavy (non-hydrogen) atoms. The Kier molecular flexibility index (Phi) is 3.90. The molecule has 1 unspecified atom stereocenters. The molecule has 2 nitrogen and oxygen atoms in total. The van der Waals surface area contributed by atoms with E-state index in [9.17, 15) is 0 Å². The van der Waals surface area contributed by atoms with Crippen molar-refractivity contribution >= 4 is 22.9 Å². The highest BCUT2D eigenvalue weighted by molar-refractivity contribution is 7.16. The zero-order chi connectivity index (χ0) is 11.6. The average Bonchev–Trinajstić information content (AvgIpc) is 2.75. The molecule has 2 rings (SSSR count). The minimum atomic E-state index is 0.440. The fraction of sp³-hybridized carbons (Fsp3) is 0.667. The van der Waals surface area contributed by atoms with Gasteiger partial charge in [-0.2, -0.15) is 0 Å². The maximum atomic E-state index is 5.93. The topological polar surface area (TPSA) is 15.3 Å². The van der Waals surface area contributed by atoms with Crippen molar-refractivity contribution in [2.45, 2.75) is 19.9 Å². The van der Waals surface area contributed by atoms with E-state index in [1.807, 2.05) is 6.07 Å². The summed E-state index contributed by atoms with van der Waals surface area (Å²) in [7, 11) is 2.19. The SMILES string of the molecule is CN(Cc1ccc(Cl)s1)CC1(C)CCNC1. The molecule has 0 aliphatic carbocycles. The molecular weight excluding hydrogens is 240 g/mol. The van der Waals surface area contributed by atoms with Gasteiger partial charge in [-0.1, -0.05) is 18.5 Å². The maximum absolute atomic E-state index is 5.93. The molecule has 4 heteroatoms. The molecule has 0 bridgehead atoms. The molecule has 0 amide bonds. The molecule has 90 valence electrons. The summed E-state index contributed by atoms with van der Waals surface area (Å²) in [6, 6.07) is 4.10. The first-order chi connectivity index (χ1) is 7.57. The second-order valence-electron chi connectivity index (χ2n) is 5.12. The number of hydrogen-bond donors (Lipinski definition) is 1. The molecule has 1 atom stereocenters. The lowest BCUT2D eigenvalue weighted by atomic mass is 9.89. The van der Waals surface area contributed by atoms with E-state index < -0.39 is 0 Å². The van der Waals surface area contributed by atoms with Crippen molar-refractivity contribution in [3.8, 4) is 0 Å². The van der Waals surface area contributed by atoms with Gasteiger partial charge in [0.15, 0.2) is 0 Å². The van der Waals surface area contributed by atoms with E-state index in [0.29, 0.717) is 5.41 Å². The van der Waals surface area contributed by atoms with E-state index in [1.165, 1.54) is 11.3 Å². The number of nitrogens with zero attached hydrogens (tertiary/aromatic N) is 1. The van der Waals surface area contributed by atoms with E-state index in [1.54, 1.807) is 11.3 Å². The van der Waals surface area contributed by atoms with Crippen molar-refractivity contribution in [1.82, 2.24) is 10.2 Å². The highest BCUT2D eigenvalue weighted by atomic mass is 35.5. The van der Waals surface area contributed by atoms with Crippen LogP contribution >= 0.6 is 22.9 Å². The van der Waals surface area contributed by atoms with E-state index in [-0.39, 0.29) is 0 Å². The predicted octanol–water partition coefficient (Wildman–Crippen LogP) is 2.83. The van der Waals surface area contributed by atoms with Gasteiger partial charge in [0, 0.05) is 24.5 Å². The lowest BCUT2D eigenvalue weighted by Crippen LogP contribution is -2.34. The Bertz CT molecular complexity index is 345. The summed E-state index contributed by atoms with van der Waals surface area (Å²) in [4.78, 5) is 3.75. The lowest BCUT2D eigenvalue weighted by molar-refractivity contribution is 0.204. The minimum Gasteiger partial charge on any atom is -0.316 e. The van der Waals surface area contributed by atoms with Gasteiger partial charge in [0.05, 0.1) is 4.34 Å². The van der Waals surface area contributed by atoms with Gasteiger partial charge in [0.2, 0.25) is 0 Å². The molecule has 1 N–H and O–H groups in total. The average molecular weight is 259 g/mol. The zero-order valence-corrected chi connectivity index (χ0v) is 11.5. The molecule has 1 aliphatic rings. The summed E-state index contributed by atoms with van der Waals surface area (Å²) >= 11 is 7.61. The van der Waals surface area contributed by atoms with Gasteiger partial charge in [-0.15, -0.1) is 11.3 Å². The van der Waals surface area contributed by atoms with Gasteiger partial charge < -0.3 is 10.2 Å². The van der Waals surface area contributed by atoms with Gasteiger partial charge >= 0.3 is 0 Å². The molecule has 0 spiro atoms. The largest absolute Gasteiger partial charge is 0.316 e. The molecule has 1 aromatic rings. The first-order valence-electron chi connectivity index (χ1n) is 5.71. The van der Waals surface area contributed by atoms with E-state index in [2.05, 4.69) is 30.3 Å². The first kappa shape index (κ1) is 12.4. The number of rotatable bonds is 4. The van der Waals surface area contributed by atoms with Crippen LogP contribution < -0.4 is 5.32 Å². The van der Waals surface area contributed by atoms with Crippen LogP contribution in [0.4, 0.5) is 0 Å². The predicted molar refractivity (Wildman–Crippen MR) is 71.3 cm³/mol. The van der Waals surface area contributed by atoms with Crippen LogP contribution in [0.1, 0.15) is 18.2 Å². The molecule has 1 aromatic heterocycles. The molecule has 1 fully saturated rings.